The lowest BCUT2D eigenvalue weighted by Gasteiger charge is -2.10. The summed E-state index contributed by atoms with van der Waals surface area (Å²) >= 11 is 3.72. The fraction of sp³-hybridized carbons (Fsp3) is 0.333. The van der Waals surface area contributed by atoms with Crippen molar-refractivity contribution in [2.45, 2.75) is 12.8 Å². The molecule has 0 bridgehead atoms. The molecule has 0 unspecified atom stereocenters. The first-order valence-electron chi connectivity index (χ1n) is 6.27. The number of anilines is 1. The van der Waals surface area contributed by atoms with Gasteiger partial charge in [0, 0.05) is 22.7 Å². The Morgan fingerprint density at radius 2 is 2.00 bits per heavy atom. The Hall–Kier alpha value is -0.930. The summed E-state index contributed by atoms with van der Waals surface area (Å²) in [7, 11) is 0. The van der Waals surface area contributed by atoms with Gasteiger partial charge in [-0.3, -0.25) is 0 Å². The average molecular weight is 277 g/mol. The molecule has 0 aliphatic carbocycles. The Labute approximate surface area is 118 Å². The summed E-state index contributed by atoms with van der Waals surface area (Å²) in [5, 5.41) is 5.69. The number of hydrogen-bond donors (Lipinski definition) is 1. The van der Waals surface area contributed by atoms with E-state index < -0.39 is 0 Å². The van der Waals surface area contributed by atoms with Crippen LogP contribution in [-0.4, -0.2) is 18.6 Å². The molecule has 1 aromatic heterocycles. The molecule has 0 aliphatic rings. The van der Waals surface area contributed by atoms with E-state index in [1.54, 1.807) is 11.3 Å². The van der Waals surface area contributed by atoms with E-state index in [0.29, 0.717) is 0 Å². The van der Waals surface area contributed by atoms with Gasteiger partial charge in [-0.05, 0) is 42.4 Å². The topological polar surface area (TPSA) is 12.0 Å². The molecule has 0 spiro atoms. The van der Waals surface area contributed by atoms with E-state index in [4.69, 9.17) is 0 Å². The SMILES string of the molecule is CSCCCCNc1ccccc1-c1cccs1. The van der Waals surface area contributed by atoms with E-state index in [1.165, 1.54) is 34.7 Å². The van der Waals surface area contributed by atoms with Crippen LogP contribution in [0.1, 0.15) is 12.8 Å². The molecule has 0 aliphatic heterocycles. The van der Waals surface area contributed by atoms with Crippen molar-refractivity contribution in [2.75, 3.05) is 23.9 Å². The van der Waals surface area contributed by atoms with Gasteiger partial charge in [0.2, 0.25) is 0 Å². The molecule has 0 radical (unpaired) electrons. The highest BCUT2D eigenvalue weighted by Gasteiger charge is 2.04. The number of benzene rings is 1. The second kappa shape index (κ2) is 7.49. The minimum Gasteiger partial charge on any atom is -0.385 e. The van der Waals surface area contributed by atoms with Gasteiger partial charge in [-0.25, -0.2) is 0 Å². The molecule has 2 rings (SSSR count). The summed E-state index contributed by atoms with van der Waals surface area (Å²) in [5.41, 5.74) is 2.57. The Morgan fingerprint density at radius 3 is 2.78 bits per heavy atom. The van der Waals surface area contributed by atoms with Crippen molar-refractivity contribution in [3.05, 3.63) is 41.8 Å². The highest BCUT2D eigenvalue weighted by molar-refractivity contribution is 7.98. The molecule has 0 fully saturated rings. The first-order valence-corrected chi connectivity index (χ1v) is 8.55. The van der Waals surface area contributed by atoms with Crippen LogP contribution in [0.25, 0.3) is 10.4 Å². The number of rotatable bonds is 7. The molecule has 0 amide bonds. The van der Waals surface area contributed by atoms with Crippen LogP contribution in [-0.2, 0) is 0 Å². The van der Waals surface area contributed by atoms with Crippen LogP contribution in [0.4, 0.5) is 5.69 Å². The molecule has 0 saturated heterocycles. The van der Waals surface area contributed by atoms with Crippen LogP contribution < -0.4 is 5.32 Å². The predicted octanol–water partition coefficient (Wildman–Crippen LogP) is 4.97. The first-order chi connectivity index (χ1) is 8.92. The van der Waals surface area contributed by atoms with Crippen molar-refractivity contribution in [1.82, 2.24) is 0 Å². The zero-order chi connectivity index (χ0) is 12.6. The van der Waals surface area contributed by atoms with Crippen LogP contribution in [0.2, 0.25) is 0 Å². The molecule has 3 heteroatoms. The van der Waals surface area contributed by atoms with E-state index in [9.17, 15) is 0 Å². The summed E-state index contributed by atoms with van der Waals surface area (Å²) in [5.74, 6) is 1.26. The highest BCUT2D eigenvalue weighted by Crippen LogP contribution is 2.31. The molecule has 0 atom stereocenters. The molecule has 1 nitrogen and oxygen atoms in total. The predicted molar refractivity (Wildman–Crippen MR) is 85.9 cm³/mol. The number of unbranched alkanes of at least 4 members (excludes halogenated alkanes) is 1. The largest absolute Gasteiger partial charge is 0.385 e. The van der Waals surface area contributed by atoms with Gasteiger partial charge in [-0.15, -0.1) is 11.3 Å². The Morgan fingerprint density at radius 1 is 1.11 bits per heavy atom. The zero-order valence-electron chi connectivity index (χ0n) is 10.7. The van der Waals surface area contributed by atoms with Crippen LogP contribution in [0, 0.1) is 0 Å². The van der Waals surface area contributed by atoms with Crippen molar-refractivity contribution in [3.63, 3.8) is 0 Å². The minimum absolute atomic E-state index is 1.06. The first kappa shape index (κ1) is 13.5. The maximum atomic E-state index is 3.56. The number of thioether (sulfide) groups is 1. The van der Waals surface area contributed by atoms with Crippen molar-refractivity contribution in [1.29, 1.82) is 0 Å². The van der Waals surface area contributed by atoms with Gasteiger partial charge in [0.15, 0.2) is 0 Å². The summed E-state index contributed by atoms with van der Waals surface area (Å²) in [4.78, 5) is 1.34. The summed E-state index contributed by atoms with van der Waals surface area (Å²) in [6.07, 6.45) is 4.69. The fourth-order valence-electron chi connectivity index (χ4n) is 1.88. The Balaban J connectivity index is 1.96. The average Bonchev–Trinajstić information content (AvgIpc) is 2.93. The summed E-state index contributed by atoms with van der Waals surface area (Å²) < 4.78 is 0. The molecule has 1 aromatic carbocycles. The maximum absolute atomic E-state index is 3.56. The summed E-state index contributed by atoms with van der Waals surface area (Å²) in [6.45, 7) is 1.06. The molecule has 0 saturated carbocycles. The number of hydrogen-bond acceptors (Lipinski definition) is 3. The quantitative estimate of drug-likeness (QED) is 0.717. The number of para-hydroxylation sites is 1. The van der Waals surface area contributed by atoms with Gasteiger partial charge in [-0.2, -0.15) is 11.8 Å². The van der Waals surface area contributed by atoms with Gasteiger partial charge in [0.1, 0.15) is 0 Å². The van der Waals surface area contributed by atoms with E-state index in [2.05, 4.69) is 53.4 Å². The third-order valence-corrected chi connectivity index (χ3v) is 4.40. The van der Waals surface area contributed by atoms with Crippen LogP contribution in [0.15, 0.2) is 41.8 Å². The van der Waals surface area contributed by atoms with Crippen molar-refractivity contribution < 1.29 is 0 Å². The molecular weight excluding hydrogens is 258 g/mol. The van der Waals surface area contributed by atoms with Gasteiger partial charge in [0.05, 0.1) is 0 Å². The van der Waals surface area contributed by atoms with E-state index in [1.807, 2.05) is 11.8 Å². The molecule has 96 valence electrons. The van der Waals surface area contributed by atoms with Gasteiger partial charge in [0.25, 0.3) is 0 Å². The number of nitrogens with one attached hydrogen (secondary N) is 1. The molecule has 18 heavy (non-hydrogen) atoms. The normalized spacial score (nSPS) is 10.5. The standard InChI is InChI=1S/C15H19NS2/c1-17-11-5-4-10-16-14-8-3-2-7-13(14)15-9-6-12-18-15/h2-3,6-9,12,16H,4-5,10-11H2,1H3. The lowest BCUT2D eigenvalue weighted by atomic mass is 10.1. The van der Waals surface area contributed by atoms with Crippen LogP contribution in [0.5, 0.6) is 0 Å². The Kier molecular flexibility index (Phi) is 5.62. The van der Waals surface area contributed by atoms with Crippen molar-refractivity contribution >= 4 is 28.8 Å². The molecule has 2 aromatic rings. The van der Waals surface area contributed by atoms with E-state index in [-0.39, 0.29) is 0 Å². The third kappa shape index (κ3) is 3.79. The van der Waals surface area contributed by atoms with Gasteiger partial charge in [-0.1, -0.05) is 24.3 Å². The second-order valence-electron chi connectivity index (χ2n) is 4.15. The monoisotopic (exact) mass is 277 g/mol. The lowest BCUT2D eigenvalue weighted by Crippen LogP contribution is -2.02. The molecular formula is C15H19NS2. The molecule has 1 N–H and O–H groups in total. The molecule has 1 heterocycles. The lowest BCUT2D eigenvalue weighted by molar-refractivity contribution is 0.843. The second-order valence-corrected chi connectivity index (χ2v) is 6.08. The van der Waals surface area contributed by atoms with Gasteiger partial charge < -0.3 is 5.32 Å². The van der Waals surface area contributed by atoms with Gasteiger partial charge >= 0.3 is 0 Å². The zero-order valence-corrected chi connectivity index (χ0v) is 12.3. The van der Waals surface area contributed by atoms with Crippen LogP contribution in [0.3, 0.4) is 0 Å². The smallest absolute Gasteiger partial charge is 0.0428 e. The maximum Gasteiger partial charge on any atom is 0.0428 e. The highest BCUT2D eigenvalue weighted by atomic mass is 32.2. The number of thiophene rings is 1. The van der Waals surface area contributed by atoms with Crippen LogP contribution >= 0.6 is 23.1 Å². The van der Waals surface area contributed by atoms with E-state index >= 15 is 0 Å². The van der Waals surface area contributed by atoms with Crippen molar-refractivity contribution in [2.24, 2.45) is 0 Å². The summed E-state index contributed by atoms with van der Waals surface area (Å²) in [6, 6.07) is 12.9. The minimum atomic E-state index is 1.06. The Bertz CT molecular complexity index is 451. The van der Waals surface area contributed by atoms with E-state index in [0.717, 1.165) is 6.54 Å². The van der Waals surface area contributed by atoms with Crippen molar-refractivity contribution in [3.8, 4) is 10.4 Å². The fourth-order valence-corrected chi connectivity index (χ4v) is 3.14. The third-order valence-electron chi connectivity index (χ3n) is 2.80.